The van der Waals surface area contributed by atoms with E-state index < -0.39 is 5.60 Å². The van der Waals surface area contributed by atoms with Crippen LogP contribution >= 0.6 is 0 Å². The van der Waals surface area contributed by atoms with Gasteiger partial charge in [-0.15, -0.1) is 0 Å². The molecule has 2 nitrogen and oxygen atoms in total. The first kappa shape index (κ1) is 13.0. The molecule has 0 saturated carbocycles. The minimum Gasteiger partial charge on any atom is -0.491 e. The molecule has 0 saturated heterocycles. The molecule has 0 aromatic heterocycles. The molecule has 1 atom stereocenters. The highest BCUT2D eigenvalue weighted by Crippen LogP contribution is 2.35. The molecule has 1 aromatic carbocycles. The van der Waals surface area contributed by atoms with E-state index in [4.69, 9.17) is 4.74 Å². The van der Waals surface area contributed by atoms with E-state index in [0.29, 0.717) is 0 Å². The second-order valence-corrected chi connectivity index (χ2v) is 4.96. The second-order valence-electron chi connectivity index (χ2n) is 4.96. The Bertz CT molecular complexity index is 340. The van der Waals surface area contributed by atoms with Crippen LogP contribution < -0.4 is 4.74 Å². The van der Waals surface area contributed by atoms with Crippen molar-refractivity contribution in [1.29, 1.82) is 0 Å². The first-order valence-corrected chi connectivity index (χ1v) is 5.84. The van der Waals surface area contributed by atoms with E-state index in [9.17, 15) is 5.11 Å². The summed E-state index contributed by atoms with van der Waals surface area (Å²) in [5, 5.41) is 10.5. The number of hydrogen-bond donors (Lipinski definition) is 1. The van der Waals surface area contributed by atoms with Crippen molar-refractivity contribution in [1.82, 2.24) is 0 Å². The van der Waals surface area contributed by atoms with Gasteiger partial charge in [0.25, 0.3) is 0 Å². The first-order chi connectivity index (χ1) is 7.35. The monoisotopic (exact) mass is 222 g/mol. The summed E-state index contributed by atoms with van der Waals surface area (Å²) < 4.78 is 5.72. The summed E-state index contributed by atoms with van der Waals surface area (Å²) in [7, 11) is 0. The Balaban J connectivity index is 3.12. The highest BCUT2D eigenvalue weighted by Gasteiger charge is 2.30. The second kappa shape index (κ2) is 4.88. The van der Waals surface area contributed by atoms with Gasteiger partial charge in [-0.05, 0) is 32.8 Å². The summed E-state index contributed by atoms with van der Waals surface area (Å²) in [5.74, 6) is 0.917. The molecule has 0 fully saturated rings. The van der Waals surface area contributed by atoms with E-state index in [-0.39, 0.29) is 12.0 Å². The summed E-state index contributed by atoms with van der Waals surface area (Å²) in [6.07, 6.45) is 0.115. The Morgan fingerprint density at radius 1 is 1.12 bits per heavy atom. The molecule has 0 heterocycles. The van der Waals surface area contributed by atoms with Crippen LogP contribution in [0.4, 0.5) is 0 Å². The summed E-state index contributed by atoms with van der Waals surface area (Å²) >= 11 is 0. The minimum absolute atomic E-state index is 0.115. The first-order valence-electron chi connectivity index (χ1n) is 5.84. The molecule has 0 amide bonds. The van der Waals surface area contributed by atoms with Gasteiger partial charge < -0.3 is 9.84 Å². The maximum absolute atomic E-state index is 10.5. The van der Waals surface area contributed by atoms with Gasteiger partial charge in [-0.3, -0.25) is 0 Å². The number of rotatable bonds is 4. The van der Waals surface area contributed by atoms with Gasteiger partial charge in [-0.2, -0.15) is 0 Å². The number of hydrogen-bond acceptors (Lipinski definition) is 2. The smallest absolute Gasteiger partial charge is 0.125 e. The lowest BCUT2D eigenvalue weighted by molar-refractivity contribution is 0.00572. The van der Waals surface area contributed by atoms with Crippen molar-refractivity contribution >= 4 is 0 Å². The molecule has 16 heavy (non-hydrogen) atoms. The summed E-state index contributed by atoms with van der Waals surface area (Å²) in [6, 6.07) is 7.70. The quantitative estimate of drug-likeness (QED) is 0.846. The van der Waals surface area contributed by atoms with Crippen molar-refractivity contribution in [3.8, 4) is 5.75 Å². The fourth-order valence-electron chi connectivity index (χ4n) is 1.55. The van der Waals surface area contributed by atoms with Crippen LogP contribution in [-0.4, -0.2) is 11.2 Å². The molecule has 2 heteroatoms. The largest absolute Gasteiger partial charge is 0.491 e. The van der Waals surface area contributed by atoms with E-state index in [1.807, 2.05) is 58.9 Å². The van der Waals surface area contributed by atoms with Gasteiger partial charge >= 0.3 is 0 Å². The van der Waals surface area contributed by atoms with Gasteiger partial charge in [0.15, 0.2) is 0 Å². The van der Waals surface area contributed by atoms with Crippen molar-refractivity contribution in [3.63, 3.8) is 0 Å². The molecule has 0 aliphatic rings. The minimum atomic E-state index is -0.856. The lowest BCUT2D eigenvalue weighted by Gasteiger charge is -2.30. The predicted molar refractivity (Wildman–Crippen MR) is 66.6 cm³/mol. The van der Waals surface area contributed by atoms with E-state index in [1.165, 1.54) is 0 Å². The van der Waals surface area contributed by atoms with E-state index in [2.05, 4.69) is 0 Å². The predicted octanol–water partition coefficient (Wildman–Crippen LogP) is 3.34. The summed E-state index contributed by atoms with van der Waals surface area (Å²) in [4.78, 5) is 0. The normalized spacial score (nSPS) is 15.2. The molecule has 0 aliphatic heterocycles. The highest BCUT2D eigenvalue weighted by atomic mass is 16.5. The number of ether oxygens (including phenoxy) is 1. The third-order valence-electron chi connectivity index (χ3n) is 2.92. The maximum atomic E-state index is 10.5. The third-order valence-corrected chi connectivity index (χ3v) is 2.92. The zero-order valence-electron chi connectivity index (χ0n) is 10.8. The van der Waals surface area contributed by atoms with Gasteiger partial charge in [0.05, 0.1) is 11.7 Å². The fourth-order valence-corrected chi connectivity index (χ4v) is 1.55. The Hall–Kier alpha value is -1.02. The van der Waals surface area contributed by atoms with Gasteiger partial charge in [0.2, 0.25) is 0 Å². The SMILES string of the molecule is CC(C)Oc1ccccc1C(C)(O)C(C)C. The van der Waals surface area contributed by atoms with Crippen molar-refractivity contribution < 1.29 is 9.84 Å². The van der Waals surface area contributed by atoms with Gasteiger partial charge in [0, 0.05) is 5.56 Å². The summed E-state index contributed by atoms with van der Waals surface area (Å²) in [5.41, 5.74) is 0.00424. The maximum Gasteiger partial charge on any atom is 0.125 e. The number of aliphatic hydroxyl groups is 1. The van der Waals surface area contributed by atoms with Gasteiger partial charge in [-0.25, -0.2) is 0 Å². The van der Waals surface area contributed by atoms with Crippen LogP contribution in [0.1, 0.15) is 40.2 Å². The molecule has 0 radical (unpaired) electrons. The lowest BCUT2D eigenvalue weighted by Crippen LogP contribution is -2.29. The Morgan fingerprint density at radius 2 is 1.69 bits per heavy atom. The van der Waals surface area contributed by atoms with Crippen LogP contribution in [0.3, 0.4) is 0 Å². The fraction of sp³-hybridized carbons (Fsp3) is 0.571. The van der Waals surface area contributed by atoms with Gasteiger partial charge in [-0.1, -0.05) is 32.0 Å². The molecular weight excluding hydrogens is 200 g/mol. The topological polar surface area (TPSA) is 29.5 Å². The van der Waals surface area contributed by atoms with Crippen LogP contribution in [0.5, 0.6) is 5.75 Å². The number of benzene rings is 1. The average Bonchev–Trinajstić information content (AvgIpc) is 2.17. The van der Waals surface area contributed by atoms with Crippen LogP contribution in [0.25, 0.3) is 0 Å². The third kappa shape index (κ3) is 2.76. The summed E-state index contributed by atoms with van der Waals surface area (Å²) in [6.45, 7) is 9.82. The highest BCUT2D eigenvalue weighted by molar-refractivity contribution is 5.38. The van der Waals surface area contributed by atoms with Crippen LogP contribution in [0, 0.1) is 5.92 Å². The molecule has 0 aliphatic carbocycles. The Kier molecular flexibility index (Phi) is 3.98. The lowest BCUT2D eigenvalue weighted by atomic mass is 9.85. The van der Waals surface area contributed by atoms with Crippen LogP contribution in [0.15, 0.2) is 24.3 Å². The van der Waals surface area contributed by atoms with Crippen molar-refractivity contribution in [2.45, 2.75) is 46.3 Å². The van der Waals surface area contributed by atoms with E-state index >= 15 is 0 Å². The molecule has 1 rings (SSSR count). The van der Waals surface area contributed by atoms with E-state index in [1.54, 1.807) is 0 Å². The zero-order chi connectivity index (χ0) is 12.3. The van der Waals surface area contributed by atoms with Crippen molar-refractivity contribution in [2.24, 2.45) is 5.92 Å². The van der Waals surface area contributed by atoms with Gasteiger partial charge in [0.1, 0.15) is 5.75 Å². The number of para-hydroxylation sites is 1. The molecule has 0 spiro atoms. The molecular formula is C14H22O2. The average molecular weight is 222 g/mol. The molecule has 90 valence electrons. The standard InChI is InChI=1S/C14H22O2/c1-10(2)14(5,15)12-8-6-7-9-13(12)16-11(3)4/h6-11,15H,1-5H3. The molecule has 1 aromatic rings. The zero-order valence-corrected chi connectivity index (χ0v) is 10.8. The van der Waals surface area contributed by atoms with E-state index in [0.717, 1.165) is 11.3 Å². The Morgan fingerprint density at radius 3 is 2.19 bits per heavy atom. The Labute approximate surface area is 98.3 Å². The van der Waals surface area contributed by atoms with Crippen LogP contribution in [0.2, 0.25) is 0 Å². The van der Waals surface area contributed by atoms with Crippen molar-refractivity contribution in [3.05, 3.63) is 29.8 Å². The van der Waals surface area contributed by atoms with Crippen molar-refractivity contribution in [2.75, 3.05) is 0 Å². The molecule has 1 unspecified atom stereocenters. The molecule has 1 N–H and O–H groups in total. The molecule has 0 bridgehead atoms. The van der Waals surface area contributed by atoms with Crippen LogP contribution in [-0.2, 0) is 5.60 Å².